The molecule has 0 radical (unpaired) electrons. The van der Waals surface area contributed by atoms with Crippen molar-refractivity contribution in [2.45, 2.75) is 6.92 Å². The number of aryl methyl sites for hydroxylation is 1. The van der Waals surface area contributed by atoms with Crippen LogP contribution in [0.15, 0.2) is 42.6 Å². The number of phenols is 1. The Labute approximate surface area is 120 Å². The van der Waals surface area contributed by atoms with Gasteiger partial charge >= 0.3 is 5.97 Å². The molecule has 0 unspecified atom stereocenters. The van der Waals surface area contributed by atoms with Gasteiger partial charge in [0.05, 0.1) is 11.1 Å². The standard InChI is InChI=1S/C16H12N2O3/c1-9-6-10(16(20)21)2-4-13(9)15-17-8-11-7-12(19)3-5-14(11)18-15/h2-8,19H,1H3,(H,20,21). The zero-order valence-corrected chi connectivity index (χ0v) is 11.2. The van der Waals surface area contributed by atoms with E-state index in [2.05, 4.69) is 9.97 Å². The maximum absolute atomic E-state index is 11.0. The topological polar surface area (TPSA) is 83.3 Å². The van der Waals surface area contributed by atoms with Crippen molar-refractivity contribution in [1.29, 1.82) is 0 Å². The molecule has 2 N–H and O–H groups in total. The van der Waals surface area contributed by atoms with Gasteiger partial charge in [-0.15, -0.1) is 0 Å². The van der Waals surface area contributed by atoms with Crippen LogP contribution in [0.3, 0.4) is 0 Å². The molecular formula is C16H12N2O3. The van der Waals surface area contributed by atoms with Gasteiger partial charge in [-0.1, -0.05) is 6.07 Å². The van der Waals surface area contributed by atoms with E-state index in [1.165, 1.54) is 6.07 Å². The molecule has 0 aliphatic heterocycles. The number of fused-ring (bicyclic) bond motifs is 1. The van der Waals surface area contributed by atoms with Crippen molar-refractivity contribution in [3.8, 4) is 17.1 Å². The van der Waals surface area contributed by atoms with Crippen LogP contribution in [0.2, 0.25) is 0 Å². The number of carboxylic acid groups (broad SMARTS) is 1. The van der Waals surface area contributed by atoms with Crippen LogP contribution < -0.4 is 0 Å². The molecule has 0 bridgehead atoms. The van der Waals surface area contributed by atoms with E-state index in [4.69, 9.17) is 5.11 Å². The lowest BCUT2D eigenvalue weighted by atomic mass is 10.0. The average Bonchev–Trinajstić information content (AvgIpc) is 2.46. The number of nitrogens with zero attached hydrogens (tertiary/aromatic N) is 2. The van der Waals surface area contributed by atoms with Crippen molar-refractivity contribution in [2.75, 3.05) is 0 Å². The van der Waals surface area contributed by atoms with Crippen LogP contribution in [-0.2, 0) is 0 Å². The Kier molecular flexibility index (Phi) is 3.02. The summed E-state index contributed by atoms with van der Waals surface area (Å²) in [5.74, 6) is -0.261. The molecule has 5 heteroatoms. The second-order valence-corrected chi connectivity index (χ2v) is 4.77. The van der Waals surface area contributed by atoms with E-state index in [9.17, 15) is 9.90 Å². The van der Waals surface area contributed by atoms with Gasteiger partial charge < -0.3 is 10.2 Å². The van der Waals surface area contributed by atoms with Crippen molar-refractivity contribution in [3.63, 3.8) is 0 Å². The van der Waals surface area contributed by atoms with Gasteiger partial charge in [0, 0.05) is 17.1 Å². The summed E-state index contributed by atoms with van der Waals surface area (Å²) in [6.07, 6.45) is 1.64. The number of phenolic OH excluding ortho intramolecular Hbond substituents is 1. The predicted molar refractivity (Wildman–Crippen MR) is 78.3 cm³/mol. The van der Waals surface area contributed by atoms with Crippen molar-refractivity contribution < 1.29 is 15.0 Å². The second kappa shape index (κ2) is 4.86. The lowest BCUT2D eigenvalue weighted by molar-refractivity contribution is 0.0697. The second-order valence-electron chi connectivity index (χ2n) is 4.77. The third kappa shape index (κ3) is 2.41. The molecule has 1 aromatic heterocycles. The first-order valence-corrected chi connectivity index (χ1v) is 6.35. The third-order valence-electron chi connectivity index (χ3n) is 3.28. The summed E-state index contributed by atoms with van der Waals surface area (Å²) in [6.45, 7) is 1.83. The number of hydrogen-bond acceptors (Lipinski definition) is 4. The van der Waals surface area contributed by atoms with Gasteiger partial charge in [0.25, 0.3) is 0 Å². The zero-order valence-electron chi connectivity index (χ0n) is 11.2. The molecule has 0 saturated carbocycles. The number of rotatable bonds is 2. The molecule has 21 heavy (non-hydrogen) atoms. The van der Waals surface area contributed by atoms with E-state index in [1.807, 2.05) is 6.92 Å². The number of aromatic carboxylic acids is 1. The first-order valence-electron chi connectivity index (χ1n) is 6.35. The fraction of sp³-hybridized carbons (Fsp3) is 0.0625. The van der Waals surface area contributed by atoms with Gasteiger partial charge in [-0.2, -0.15) is 0 Å². The highest BCUT2D eigenvalue weighted by Gasteiger charge is 2.10. The van der Waals surface area contributed by atoms with Crippen LogP contribution in [0, 0.1) is 6.92 Å². The van der Waals surface area contributed by atoms with E-state index in [-0.39, 0.29) is 11.3 Å². The number of hydrogen-bond donors (Lipinski definition) is 2. The monoisotopic (exact) mass is 280 g/mol. The maximum Gasteiger partial charge on any atom is 0.335 e. The summed E-state index contributed by atoms with van der Waals surface area (Å²) in [5, 5.41) is 19.2. The fourth-order valence-electron chi connectivity index (χ4n) is 2.20. The molecule has 0 amide bonds. The number of carbonyl (C=O) groups is 1. The summed E-state index contributed by atoms with van der Waals surface area (Å²) < 4.78 is 0. The van der Waals surface area contributed by atoms with E-state index in [0.29, 0.717) is 5.82 Å². The maximum atomic E-state index is 11.0. The first-order chi connectivity index (χ1) is 10.0. The van der Waals surface area contributed by atoms with E-state index >= 15 is 0 Å². The lowest BCUT2D eigenvalue weighted by Crippen LogP contribution is -1.98. The first kappa shape index (κ1) is 13.1. The molecule has 0 fully saturated rings. The smallest absolute Gasteiger partial charge is 0.335 e. The SMILES string of the molecule is Cc1cc(C(=O)O)ccc1-c1ncc2cc(O)ccc2n1. The fourth-order valence-corrected chi connectivity index (χ4v) is 2.20. The van der Waals surface area contributed by atoms with Gasteiger partial charge in [-0.3, -0.25) is 0 Å². The summed E-state index contributed by atoms with van der Waals surface area (Å²) in [5.41, 5.74) is 2.55. The molecule has 0 saturated heterocycles. The molecule has 104 valence electrons. The Morgan fingerprint density at radius 1 is 1.14 bits per heavy atom. The molecule has 3 aromatic rings. The van der Waals surface area contributed by atoms with Crippen LogP contribution in [0.5, 0.6) is 5.75 Å². The van der Waals surface area contributed by atoms with Crippen LogP contribution in [0.1, 0.15) is 15.9 Å². The number of carboxylic acids is 1. The molecule has 0 aliphatic rings. The highest BCUT2D eigenvalue weighted by atomic mass is 16.4. The summed E-state index contributed by atoms with van der Waals surface area (Å²) in [7, 11) is 0. The highest BCUT2D eigenvalue weighted by Crippen LogP contribution is 2.24. The van der Waals surface area contributed by atoms with E-state index < -0.39 is 5.97 Å². The number of benzene rings is 2. The summed E-state index contributed by atoms with van der Waals surface area (Å²) >= 11 is 0. The van der Waals surface area contributed by atoms with Crippen LogP contribution in [0.4, 0.5) is 0 Å². The zero-order chi connectivity index (χ0) is 15.0. The molecule has 0 aliphatic carbocycles. The van der Waals surface area contributed by atoms with E-state index in [0.717, 1.165) is 22.0 Å². The Balaban J connectivity index is 2.12. The van der Waals surface area contributed by atoms with Gasteiger partial charge in [0.15, 0.2) is 5.82 Å². The minimum Gasteiger partial charge on any atom is -0.508 e. The Morgan fingerprint density at radius 3 is 2.67 bits per heavy atom. The van der Waals surface area contributed by atoms with Gasteiger partial charge in [-0.25, -0.2) is 14.8 Å². The largest absolute Gasteiger partial charge is 0.508 e. The van der Waals surface area contributed by atoms with Crippen LogP contribution >= 0.6 is 0 Å². The molecule has 0 atom stereocenters. The Hall–Kier alpha value is -2.95. The molecule has 2 aromatic carbocycles. The Morgan fingerprint density at radius 2 is 1.95 bits per heavy atom. The minimum absolute atomic E-state index is 0.167. The molecule has 1 heterocycles. The molecule has 0 spiro atoms. The highest BCUT2D eigenvalue weighted by molar-refractivity contribution is 5.89. The van der Waals surface area contributed by atoms with Gasteiger partial charge in [0.2, 0.25) is 0 Å². The summed E-state index contributed by atoms with van der Waals surface area (Å²) in [4.78, 5) is 19.7. The lowest BCUT2D eigenvalue weighted by Gasteiger charge is -2.07. The normalized spacial score (nSPS) is 10.7. The third-order valence-corrected chi connectivity index (χ3v) is 3.28. The van der Waals surface area contributed by atoms with Crippen molar-refractivity contribution in [3.05, 3.63) is 53.7 Å². The molecule has 3 rings (SSSR count). The van der Waals surface area contributed by atoms with Crippen LogP contribution in [0.25, 0.3) is 22.3 Å². The van der Waals surface area contributed by atoms with Gasteiger partial charge in [0.1, 0.15) is 5.75 Å². The molecule has 5 nitrogen and oxygen atoms in total. The molecular weight excluding hydrogens is 268 g/mol. The number of aromatic nitrogens is 2. The minimum atomic E-state index is -0.959. The van der Waals surface area contributed by atoms with E-state index in [1.54, 1.807) is 36.5 Å². The average molecular weight is 280 g/mol. The van der Waals surface area contributed by atoms with Crippen molar-refractivity contribution in [2.24, 2.45) is 0 Å². The summed E-state index contributed by atoms with van der Waals surface area (Å²) in [6, 6.07) is 9.73. The van der Waals surface area contributed by atoms with Gasteiger partial charge in [-0.05, 0) is 42.8 Å². The van der Waals surface area contributed by atoms with Crippen molar-refractivity contribution >= 4 is 16.9 Å². The Bertz CT molecular complexity index is 859. The predicted octanol–water partition coefficient (Wildman–Crippen LogP) is 3.01. The quantitative estimate of drug-likeness (QED) is 0.754. The van der Waals surface area contributed by atoms with Crippen molar-refractivity contribution in [1.82, 2.24) is 9.97 Å². The van der Waals surface area contributed by atoms with Crippen LogP contribution in [-0.4, -0.2) is 26.2 Å². The number of aromatic hydroxyl groups is 1.